The topological polar surface area (TPSA) is 63.8 Å². The van der Waals surface area contributed by atoms with E-state index in [0.717, 1.165) is 0 Å². The van der Waals surface area contributed by atoms with Crippen molar-refractivity contribution in [3.8, 4) is 0 Å². The fourth-order valence-electron chi connectivity index (χ4n) is 1.75. The lowest BCUT2D eigenvalue weighted by Crippen LogP contribution is -2.30. The van der Waals surface area contributed by atoms with Crippen molar-refractivity contribution in [1.82, 2.24) is 15.4 Å². The highest BCUT2D eigenvalue weighted by Gasteiger charge is 2.22. The molecule has 0 aliphatic heterocycles. The van der Waals surface area contributed by atoms with Crippen LogP contribution in [0.3, 0.4) is 0 Å². The molecule has 0 saturated heterocycles. The molecule has 1 unspecified atom stereocenters. The summed E-state index contributed by atoms with van der Waals surface area (Å²) in [6, 6.07) is 1.76. The number of benzene rings is 1. The van der Waals surface area contributed by atoms with Gasteiger partial charge >= 0.3 is 0 Å². The molecule has 4 nitrogen and oxygen atoms in total. The lowest BCUT2D eigenvalue weighted by atomic mass is 9.98. The number of rotatable bonds is 3. The fraction of sp³-hybridized carbons (Fsp3) is 0.167. The quantitative estimate of drug-likeness (QED) is 0.641. The predicted octanol–water partition coefficient (Wildman–Crippen LogP) is 1.62. The molecule has 0 fully saturated rings. The Morgan fingerprint density at radius 3 is 2.50 bits per heavy atom. The Morgan fingerprint density at radius 1 is 1.22 bits per heavy atom. The molecule has 1 aromatic carbocycles. The van der Waals surface area contributed by atoms with Crippen molar-refractivity contribution in [3.05, 3.63) is 59.2 Å². The average molecular weight is 250 g/mol. The minimum absolute atomic E-state index is 0.132. The second kappa shape index (κ2) is 5.16. The molecule has 0 aliphatic rings. The third-order valence-electron chi connectivity index (χ3n) is 2.69. The van der Waals surface area contributed by atoms with Gasteiger partial charge in [0.05, 0.1) is 6.04 Å². The number of aromatic nitrogens is 2. The maximum Gasteiger partial charge on any atom is 0.134 e. The number of hydrogen-bond acceptors (Lipinski definition) is 4. The van der Waals surface area contributed by atoms with Gasteiger partial charge in [0.1, 0.15) is 18.0 Å². The van der Waals surface area contributed by atoms with Crippen LogP contribution in [0.15, 0.2) is 30.9 Å². The molecular formula is C12H12F2N4. The smallest absolute Gasteiger partial charge is 0.134 e. The number of halogens is 2. The van der Waals surface area contributed by atoms with Gasteiger partial charge in [0, 0.05) is 23.5 Å². The third kappa shape index (κ3) is 2.20. The second-order valence-corrected chi connectivity index (χ2v) is 3.86. The van der Waals surface area contributed by atoms with E-state index in [4.69, 9.17) is 5.84 Å². The highest BCUT2D eigenvalue weighted by Crippen LogP contribution is 2.27. The van der Waals surface area contributed by atoms with Gasteiger partial charge in [-0.3, -0.25) is 5.84 Å². The Morgan fingerprint density at radius 2 is 1.89 bits per heavy atom. The van der Waals surface area contributed by atoms with Gasteiger partial charge in [-0.25, -0.2) is 24.2 Å². The molecule has 18 heavy (non-hydrogen) atoms. The number of hydrazine groups is 1. The van der Waals surface area contributed by atoms with Crippen molar-refractivity contribution in [2.45, 2.75) is 13.0 Å². The van der Waals surface area contributed by atoms with Gasteiger partial charge in [-0.1, -0.05) is 6.07 Å². The zero-order valence-electron chi connectivity index (χ0n) is 9.69. The fourth-order valence-corrected chi connectivity index (χ4v) is 1.75. The van der Waals surface area contributed by atoms with Crippen molar-refractivity contribution >= 4 is 0 Å². The third-order valence-corrected chi connectivity index (χ3v) is 2.69. The summed E-state index contributed by atoms with van der Waals surface area (Å²) in [5.41, 5.74) is 3.09. The monoisotopic (exact) mass is 250 g/mol. The van der Waals surface area contributed by atoms with E-state index >= 15 is 0 Å². The summed E-state index contributed by atoms with van der Waals surface area (Å²) in [6.07, 6.45) is 4.25. The Bertz CT molecular complexity index is 545. The molecule has 0 radical (unpaired) electrons. The van der Waals surface area contributed by atoms with Crippen LogP contribution in [-0.2, 0) is 0 Å². The molecule has 6 heteroatoms. The van der Waals surface area contributed by atoms with Gasteiger partial charge in [0.25, 0.3) is 0 Å². The average Bonchev–Trinajstić information content (AvgIpc) is 2.40. The van der Waals surface area contributed by atoms with Gasteiger partial charge in [0.2, 0.25) is 0 Å². The number of nitrogens with two attached hydrogens (primary N) is 1. The first kappa shape index (κ1) is 12.5. The summed E-state index contributed by atoms with van der Waals surface area (Å²) in [7, 11) is 0. The van der Waals surface area contributed by atoms with Crippen molar-refractivity contribution in [2.75, 3.05) is 0 Å². The van der Waals surface area contributed by atoms with Crippen molar-refractivity contribution in [2.24, 2.45) is 5.84 Å². The standard InChI is InChI=1S/C12H12F2N4/c1-7-2-3-9(13)10(11(7)14)12(18-15)8-4-16-6-17-5-8/h2-6,12,18H,15H2,1H3. The normalized spacial score (nSPS) is 12.4. The molecule has 0 amide bonds. The highest BCUT2D eigenvalue weighted by molar-refractivity contribution is 5.34. The molecule has 3 N–H and O–H groups in total. The van der Waals surface area contributed by atoms with Crippen LogP contribution in [0.2, 0.25) is 0 Å². The SMILES string of the molecule is Cc1ccc(F)c(C(NN)c2cncnc2)c1F. The molecule has 0 bridgehead atoms. The van der Waals surface area contributed by atoms with Crippen molar-refractivity contribution < 1.29 is 8.78 Å². The first-order valence-corrected chi connectivity index (χ1v) is 5.30. The maximum absolute atomic E-state index is 14.0. The lowest BCUT2D eigenvalue weighted by molar-refractivity contribution is 0.505. The van der Waals surface area contributed by atoms with E-state index in [1.165, 1.54) is 30.9 Å². The predicted molar refractivity (Wildman–Crippen MR) is 62.3 cm³/mol. The van der Waals surface area contributed by atoms with Gasteiger partial charge in [-0.05, 0) is 18.6 Å². The summed E-state index contributed by atoms with van der Waals surface area (Å²) in [6.45, 7) is 1.56. The number of nitrogens with one attached hydrogen (secondary N) is 1. The van der Waals surface area contributed by atoms with Crippen molar-refractivity contribution in [1.29, 1.82) is 0 Å². The Labute approximate surface area is 103 Å². The molecule has 94 valence electrons. The van der Waals surface area contributed by atoms with Crippen LogP contribution in [0, 0.1) is 18.6 Å². The molecule has 1 aromatic heterocycles. The van der Waals surface area contributed by atoms with E-state index in [0.29, 0.717) is 11.1 Å². The summed E-state index contributed by atoms with van der Waals surface area (Å²) in [5.74, 6) is 4.10. The summed E-state index contributed by atoms with van der Waals surface area (Å²) in [5, 5.41) is 0. The van der Waals surface area contributed by atoms with Crippen LogP contribution in [0.4, 0.5) is 8.78 Å². The van der Waals surface area contributed by atoms with Crippen molar-refractivity contribution in [3.63, 3.8) is 0 Å². The zero-order valence-corrected chi connectivity index (χ0v) is 9.69. The first-order valence-electron chi connectivity index (χ1n) is 5.30. The van der Waals surface area contributed by atoms with Crippen LogP contribution >= 0.6 is 0 Å². The van der Waals surface area contributed by atoms with Crippen LogP contribution in [-0.4, -0.2) is 9.97 Å². The number of aryl methyl sites for hydroxylation is 1. The second-order valence-electron chi connectivity index (χ2n) is 3.86. The number of hydrogen-bond donors (Lipinski definition) is 2. The summed E-state index contributed by atoms with van der Waals surface area (Å²) < 4.78 is 27.8. The van der Waals surface area contributed by atoms with Gasteiger partial charge in [-0.15, -0.1) is 0 Å². The lowest BCUT2D eigenvalue weighted by Gasteiger charge is -2.18. The first-order chi connectivity index (χ1) is 8.65. The van der Waals surface area contributed by atoms with E-state index in [-0.39, 0.29) is 5.56 Å². The van der Waals surface area contributed by atoms with Crippen LogP contribution in [0.5, 0.6) is 0 Å². The van der Waals surface area contributed by atoms with E-state index in [9.17, 15) is 8.78 Å². The van der Waals surface area contributed by atoms with Gasteiger partial charge < -0.3 is 0 Å². The zero-order chi connectivity index (χ0) is 13.1. The largest absolute Gasteiger partial charge is 0.271 e. The van der Waals surface area contributed by atoms with Crippen LogP contribution < -0.4 is 11.3 Å². The Kier molecular flexibility index (Phi) is 3.59. The molecule has 0 aliphatic carbocycles. The molecule has 1 atom stereocenters. The molecule has 1 heterocycles. The minimum atomic E-state index is -0.828. The Hall–Kier alpha value is -1.92. The van der Waals surface area contributed by atoms with Gasteiger partial charge in [-0.2, -0.15) is 0 Å². The molecular weight excluding hydrogens is 238 g/mol. The molecule has 0 saturated carbocycles. The highest BCUT2D eigenvalue weighted by atomic mass is 19.1. The van der Waals surface area contributed by atoms with Gasteiger partial charge in [0.15, 0.2) is 0 Å². The number of nitrogens with zero attached hydrogens (tertiary/aromatic N) is 2. The van der Waals surface area contributed by atoms with E-state index in [1.54, 1.807) is 6.92 Å². The molecule has 0 spiro atoms. The summed E-state index contributed by atoms with van der Waals surface area (Å²) >= 11 is 0. The maximum atomic E-state index is 14.0. The summed E-state index contributed by atoms with van der Waals surface area (Å²) in [4.78, 5) is 7.62. The Balaban J connectivity index is 2.56. The molecule has 2 rings (SSSR count). The van der Waals surface area contributed by atoms with Crippen LogP contribution in [0.25, 0.3) is 0 Å². The van der Waals surface area contributed by atoms with E-state index < -0.39 is 17.7 Å². The van der Waals surface area contributed by atoms with E-state index in [2.05, 4.69) is 15.4 Å². The van der Waals surface area contributed by atoms with Crippen LogP contribution in [0.1, 0.15) is 22.7 Å². The minimum Gasteiger partial charge on any atom is -0.271 e. The molecule has 2 aromatic rings. The van der Waals surface area contributed by atoms with E-state index in [1.807, 2.05) is 0 Å².